The summed E-state index contributed by atoms with van der Waals surface area (Å²) in [6.45, 7) is 1.58. The van der Waals surface area contributed by atoms with Gasteiger partial charge in [-0.1, -0.05) is 30.3 Å². The van der Waals surface area contributed by atoms with Crippen LogP contribution in [-0.2, 0) is 22.4 Å². The third-order valence-corrected chi connectivity index (χ3v) is 6.64. The first-order chi connectivity index (χ1) is 19.6. The number of benzene rings is 3. The Hall–Kier alpha value is -4.76. The predicted molar refractivity (Wildman–Crippen MR) is 146 cm³/mol. The largest absolute Gasteiger partial charge is 0.490 e. The number of amides is 3. The van der Waals surface area contributed by atoms with Crippen LogP contribution in [-0.4, -0.2) is 35.1 Å². The number of nitriles is 1. The molecule has 1 heterocycles. The molecule has 1 aliphatic rings. The maximum absolute atomic E-state index is 12.9. The number of rotatable bonds is 9. The highest BCUT2D eigenvalue weighted by molar-refractivity contribution is 8.18. The van der Waals surface area contributed by atoms with Crippen molar-refractivity contribution in [2.24, 2.45) is 0 Å². The molecule has 0 saturated carbocycles. The third kappa shape index (κ3) is 7.26. The summed E-state index contributed by atoms with van der Waals surface area (Å²) in [5, 5.41) is 10.9. The van der Waals surface area contributed by atoms with E-state index >= 15 is 0 Å². The van der Waals surface area contributed by atoms with Crippen molar-refractivity contribution < 1.29 is 37.0 Å². The van der Waals surface area contributed by atoms with E-state index in [1.807, 2.05) is 0 Å². The molecule has 210 valence electrons. The summed E-state index contributed by atoms with van der Waals surface area (Å²) in [4.78, 5) is 38.6. The van der Waals surface area contributed by atoms with Crippen molar-refractivity contribution in [2.45, 2.75) is 19.7 Å². The van der Waals surface area contributed by atoms with Gasteiger partial charge in [-0.05, 0) is 66.7 Å². The Balaban J connectivity index is 1.45. The van der Waals surface area contributed by atoms with E-state index in [4.69, 9.17) is 9.47 Å². The molecule has 1 aliphatic heterocycles. The minimum atomic E-state index is -4.59. The highest BCUT2D eigenvalue weighted by Crippen LogP contribution is 2.35. The number of nitrogens with zero attached hydrogens (tertiary/aromatic N) is 2. The maximum atomic E-state index is 12.9. The summed E-state index contributed by atoms with van der Waals surface area (Å²) in [5.41, 5.74) is 0.652. The van der Waals surface area contributed by atoms with Crippen molar-refractivity contribution in [3.05, 3.63) is 93.9 Å². The summed E-state index contributed by atoms with van der Waals surface area (Å²) >= 11 is 0.633. The molecular formula is C29H22F3N3O5S. The zero-order valence-electron chi connectivity index (χ0n) is 21.5. The van der Waals surface area contributed by atoms with Gasteiger partial charge in [0, 0.05) is 11.3 Å². The van der Waals surface area contributed by atoms with Crippen LogP contribution in [0.4, 0.5) is 23.7 Å². The van der Waals surface area contributed by atoms with Crippen LogP contribution >= 0.6 is 11.8 Å². The van der Waals surface area contributed by atoms with Gasteiger partial charge in [0.05, 0.1) is 28.7 Å². The lowest BCUT2D eigenvalue weighted by Gasteiger charge is -2.14. The Kier molecular flexibility index (Phi) is 8.99. The van der Waals surface area contributed by atoms with Crippen LogP contribution in [0.5, 0.6) is 11.5 Å². The first kappa shape index (κ1) is 29.2. The summed E-state index contributed by atoms with van der Waals surface area (Å²) in [5.74, 6) is -0.747. The van der Waals surface area contributed by atoms with Gasteiger partial charge in [0.15, 0.2) is 11.5 Å². The highest BCUT2D eigenvalue weighted by atomic mass is 32.2. The Morgan fingerprint density at radius 3 is 2.56 bits per heavy atom. The molecule has 8 nitrogen and oxygen atoms in total. The molecule has 1 fully saturated rings. The van der Waals surface area contributed by atoms with Crippen molar-refractivity contribution >= 4 is 40.6 Å². The van der Waals surface area contributed by atoms with Gasteiger partial charge < -0.3 is 14.8 Å². The number of anilines is 1. The lowest BCUT2D eigenvalue weighted by molar-refractivity contribution is -0.137. The molecule has 1 saturated heterocycles. The molecule has 0 bridgehead atoms. The van der Waals surface area contributed by atoms with Crippen molar-refractivity contribution in [1.29, 1.82) is 5.26 Å². The first-order valence-corrected chi connectivity index (χ1v) is 13.0. The number of carbonyl (C=O) groups is 3. The molecule has 3 aromatic carbocycles. The predicted octanol–water partition coefficient (Wildman–Crippen LogP) is 6.23. The molecule has 12 heteroatoms. The minimum Gasteiger partial charge on any atom is -0.490 e. The number of alkyl halides is 3. The van der Waals surface area contributed by atoms with Crippen LogP contribution in [0, 0.1) is 11.3 Å². The van der Waals surface area contributed by atoms with Crippen LogP contribution in [0.2, 0.25) is 0 Å². The van der Waals surface area contributed by atoms with Crippen molar-refractivity contribution in [1.82, 2.24) is 4.90 Å². The first-order valence-electron chi connectivity index (χ1n) is 12.2. The molecule has 0 unspecified atom stereocenters. The van der Waals surface area contributed by atoms with Crippen molar-refractivity contribution in [2.75, 3.05) is 18.5 Å². The standard InChI is InChI=1S/C29H22F3N3O5S/c1-2-39-24-12-18(10-11-23(24)40-17-20-7-4-3-6-19(20)15-33)13-25-27(37)35(28(38)41-25)16-26(36)34-22-9-5-8-21(14-22)29(30,31)32/h3-14H,2,16-17H2,1H3,(H,34,36)/b25-13-. The second-order valence-corrected chi connectivity index (χ2v) is 9.58. The van der Waals surface area contributed by atoms with Gasteiger partial charge in [0.1, 0.15) is 13.2 Å². The van der Waals surface area contributed by atoms with Gasteiger partial charge in [-0.25, -0.2) is 0 Å². The zero-order chi connectivity index (χ0) is 29.6. The van der Waals surface area contributed by atoms with E-state index in [-0.39, 0.29) is 17.2 Å². The van der Waals surface area contributed by atoms with E-state index in [1.54, 1.807) is 49.4 Å². The van der Waals surface area contributed by atoms with E-state index in [0.29, 0.717) is 51.5 Å². The number of ether oxygens (including phenoxy) is 2. The van der Waals surface area contributed by atoms with Gasteiger partial charge in [0.25, 0.3) is 11.1 Å². The lowest BCUT2D eigenvalue weighted by Crippen LogP contribution is -2.36. The zero-order valence-corrected chi connectivity index (χ0v) is 22.3. The molecule has 0 atom stereocenters. The van der Waals surface area contributed by atoms with Gasteiger partial charge in [-0.2, -0.15) is 18.4 Å². The summed E-state index contributed by atoms with van der Waals surface area (Å²) in [7, 11) is 0. The third-order valence-electron chi connectivity index (χ3n) is 5.74. The van der Waals surface area contributed by atoms with Crippen LogP contribution in [0.1, 0.15) is 29.2 Å². The number of hydrogen-bond acceptors (Lipinski definition) is 7. The van der Waals surface area contributed by atoms with E-state index in [9.17, 15) is 32.8 Å². The molecule has 41 heavy (non-hydrogen) atoms. The van der Waals surface area contributed by atoms with Crippen LogP contribution in [0.3, 0.4) is 0 Å². The fourth-order valence-electron chi connectivity index (χ4n) is 3.82. The van der Waals surface area contributed by atoms with Gasteiger partial charge in [-0.3, -0.25) is 19.3 Å². The number of hydrogen-bond donors (Lipinski definition) is 1. The van der Waals surface area contributed by atoms with E-state index < -0.39 is 35.3 Å². The molecular weight excluding hydrogens is 559 g/mol. The van der Waals surface area contributed by atoms with E-state index in [2.05, 4.69) is 11.4 Å². The summed E-state index contributed by atoms with van der Waals surface area (Å²) in [6, 6.07) is 18.1. The Morgan fingerprint density at radius 2 is 1.83 bits per heavy atom. The number of carbonyl (C=O) groups excluding carboxylic acids is 3. The monoisotopic (exact) mass is 581 g/mol. The Morgan fingerprint density at radius 1 is 1.05 bits per heavy atom. The highest BCUT2D eigenvalue weighted by Gasteiger charge is 2.36. The lowest BCUT2D eigenvalue weighted by atomic mass is 10.1. The molecule has 0 spiro atoms. The van der Waals surface area contributed by atoms with Crippen molar-refractivity contribution in [3.63, 3.8) is 0 Å². The second-order valence-electron chi connectivity index (χ2n) is 8.59. The fraction of sp³-hybridized carbons (Fsp3) is 0.172. The topological polar surface area (TPSA) is 109 Å². The number of thioether (sulfide) groups is 1. The number of halogens is 3. The van der Waals surface area contributed by atoms with Gasteiger partial charge >= 0.3 is 6.18 Å². The smallest absolute Gasteiger partial charge is 0.416 e. The van der Waals surface area contributed by atoms with Gasteiger partial charge in [0.2, 0.25) is 5.91 Å². The average molecular weight is 582 g/mol. The molecule has 1 N–H and O–H groups in total. The summed E-state index contributed by atoms with van der Waals surface area (Å²) in [6.07, 6.45) is -3.12. The normalized spacial score (nSPS) is 14.2. The molecule has 0 aromatic heterocycles. The molecule has 3 amide bonds. The minimum absolute atomic E-state index is 0.0564. The molecule has 4 rings (SSSR count). The van der Waals surface area contributed by atoms with Gasteiger partial charge in [-0.15, -0.1) is 0 Å². The van der Waals surface area contributed by atoms with E-state index in [1.165, 1.54) is 12.1 Å². The SMILES string of the molecule is CCOc1cc(/C=C2\SC(=O)N(CC(=O)Nc3cccc(C(F)(F)F)c3)C2=O)ccc1OCc1ccccc1C#N. The fourth-order valence-corrected chi connectivity index (χ4v) is 4.66. The number of nitrogens with one attached hydrogen (secondary N) is 1. The average Bonchev–Trinajstić information content (AvgIpc) is 3.19. The summed E-state index contributed by atoms with van der Waals surface area (Å²) < 4.78 is 50.4. The van der Waals surface area contributed by atoms with E-state index in [0.717, 1.165) is 18.2 Å². The van der Waals surface area contributed by atoms with Crippen molar-refractivity contribution in [3.8, 4) is 17.6 Å². The Labute approximate surface area is 237 Å². The second kappa shape index (κ2) is 12.6. The van der Waals surface area contributed by atoms with Crippen LogP contribution in [0.15, 0.2) is 71.6 Å². The molecule has 3 aromatic rings. The van der Waals surface area contributed by atoms with Crippen LogP contribution < -0.4 is 14.8 Å². The van der Waals surface area contributed by atoms with Crippen LogP contribution in [0.25, 0.3) is 6.08 Å². The quantitative estimate of drug-likeness (QED) is 0.299. The Bertz CT molecular complexity index is 1570. The number of imide groups is 1. The molecule has 0 radical (unpaired) electrons. The maximum Gasteiger partial charge on any atom is 0.416 e. The molecule has 0 aliphatic carbocycles.